The van der Waals surface area contributed by atoms with Crippen LogP contribution in [0.4, 0.5) is 4.39 Å². The molecule has 0 saturated heterocycles. The van der Waals surface area contributed by atoms with E-state index in [1.54, 1.807) is 12.4 Å². The highest BCUT2D eigenvalue weighted by Crippen LogP contribution is 2.64. The molecule has 0 unspecified atom stereocenters. The quantitative estimate of drug-likeness (QED) is 0.830. The molecule has 5 nitrogen and oxygen atoms in total. The van der Waals surface area contributed by atoms with Gasteiger partial charge >= 0.3 is 0 Å². The molecule has 0 aliphatic heterocycles. The number of alkyl halides is 1. The first kappa shape index (κ1) is 19.7. The Kier molecular flexibility index (Phi) is 4.84. The highest BCUT2D eigenvalue weighted by atomic mass is 19.1. The van der Waals surface area contributed by atoms with Crippen molar-refractivity contribution in [3.05, 3.63) is 12.4 Å². The average molecular weight is 404 g/mol. The van der Waals surface area contributed by atoms with Gasteiger partial charge in [-0.3, -0.25) is 4.79 Å². The molecular weight excluding hydrogens is 369 g/mol. The monoisotopic (exact) mass is 403 g/mol. The summed E-state index contributed by atoms with van der Waals surface area (Å²) < 4.78 is 13.3. The number of rotatable bonds is 4. The SMILES string of the molecule is C[C@]12CC[C@H]3[C@@H](CC[C@@H]4C[C@](O)(CF)CC[C@@H]43)[C@@H]1CC[C@@H]2C(=O)Cn1nccn1. The van der Waals surface area contributed by atoms with Crippen LogP contribution in [0.3, 0.4) is 0 Å². The molecule has 0 spiro atoms. The summed E-state index contributed by atoms with van der Waals surface area (Å²) in [5.74, 6) is 3.59. The Morgan fingerprint density at radius 3 is 2.59 bits per heavy atom. The standard InChI is InChI=1S/C23H34FN3O2/c1-22-8-6-17-16-7-9-23(29,14-24)12-15(16)2-3-18(17)19(22)4-5-20(22)21(28)13-27-25-10-11-26-27/h10-11,15-20,29H,2-9,12-14H2,1H3/t15-,16+,17-,18-,19+,20-,22+,23+/m1/s1. The summed E-state index contributed by atoms with van der Waals surface area (Å²) >= 11 is 0. The molecular formula is C23H34FN3O2. The summed E-state index contributed by atoms with van der Waals surface area (Å²) in [6, 6.07) is 0. The second-order valence-corrected chi connectivity index (χ2v) is 10.7. The first-order chi connectivity index (χ1) is 13.9. The van der Waals surface area contributed by atoms with Gasteiger partial charge in [-0.25, -0.2) is 4.39 Å². The number of carbonyl (C=O) groups is 1. The lowest BCUT2D eigenvalue weighted by Crippen LogP contribution is -2.52. The van der Waals surface area contributed by atoms with Crippen LogP contribution < -0.4 is 0 Å². The lowest BCUT2D eigenvalue weighted by Gasteiger charge is -2.56. The van der Waals surface area contributed by atoms with Crippen LogP contribution in [-0.2, 0) is 11.3 Å². The van der Waals surface area contributed by atoms with E-state index in [-0.39, 0.29) is 11.3 Å². The van der Waals surface area contributed by atoms with Crippen molar-refractivity contribution in [3.8, 4) is 0 Å². The summed E-state index contributed by atoms with van der Waals surface area (Å²) in [5, 5.41) is 18.7. The Hall–Kier alpha value is -1.30. The number of hydrogen-bond donors (Lipinski definition) is 1. The smallest absolute Gasteiger partial charge is 0.159 e. The summed E-state index contributed by atoms with van der Waals surface area (Å²) in [6.45, 7) is 2.06. The van der Waals surface area contributed by atoms with Crippen molar-refractivity contribution in [2.24, 2.45) is 40.9 Å². The predicted molar refractivity (Wildman–Crippen MR) is 107 cm³/mol. The molecule has 6 heteroatoms. The molecule has 4 aliphatic rings. The molecule has 4 saturated carbocycles. The first-order valence-electron chi connectivity index (χ1n) is 11.6. The number of halogens is 1. The van der Waals surface area contributed by atoms with Gasteiger partial charge in [-0.15, -0.1) is 0 Å². The average Bonchev–Trinajstić information content (AvgIpc) is 3.34. The zero-order chi connectivity index (χ0) is 20.2. The minimum Gasteiger partial charge on any atom is -0.387 e. The maximum Gasteiger partial charge on any atom is 0.159 e. The molecule has 8 atom stereocenters. The van der Waals surface area contributed by atoms with E-state index in [9.17, 15) is 14.3 Å². The molecule has 5 rings (SSSR count). The van der Waals surface area contributed by atoms with Gasteiger partial charge in [-0.1, -0.05) is 6.92 Å². The van der Waals surface area contributed by atoms with Gasteiger partial charge in [-0.2, -0.15) is 15.0 Å². The molecule has 1 heterocycles. The zero-order valence-corrected chi connectivity index (χ0v) is 17.5. The van der Waals surface area contributed by atoms with Gasteiger partial charge in [-0.05, 0) is 92.8 Å². The summed E-state index contributed by atoms with van der Waals surface area (Å²) in [6.07, 6.45) is 12.3. The second kappa shape index (κ2) is 7.14. The van der Waals surface area contributed by atoms with Crippen molar-refractivity contribution in [1.29, 1.82) is 0 Å². The molecule has 1 aromatic rings. The zero-order valence-electron chi connectivity index (χ0n) is 17.5. The predicted octanol–water partition coefficient (Wildman–Crippen LogP) is 3.82. The van der Waals surface area contributed by atoms with Crippen molar-refractivity contribution in [2.45, 2.75) is 76.9 Å². The van der Waals surface area contributed by atoms with Gasteiger partial charge < -0.3 is 5.11 Å². The number of ketones is 1. The van der Waals surface area contributed by atoms with E-state index in [2.05, 4.69) is 17.1 Å². The molecule has 0 radical (unpaired) electrons. The third kappa shape index (κ3) is 3.17. The van der Waals surface area contributed by atoms with Gasteiger partial charge in [0.15, 0.2) is 5.78 Å². The Morgan fingerprint density at radius 2 is 1.83 bits per heavy atom. The highest BCUT2D eigenvalue weighted by Gasteiger charge is 2.59. The Morgan fingerprint density at radius 1 is 1.07 bits per heavy atom. The van der Waals surface area contributed by atoms with Crippen LogP contribution in [0.1, 0.15) is 64.7 Å². The van der Waals surface area contributed by atoms with E-state index < -0.39 is 12.3 Å². The second-order valence-electron chi connectivity index (χ2n) is 10.7. The summed E-state index contributed by atoms with van der Waals surface area (Å²) in [4.78, 5) is 14.6. The van der Waals surface area contributed by atoms with E-state index in [1.807, 2.05) is 0 Å². The van der Waals surface area contributed by atoms with Crippen LogP contribution in [0, 0.1) is 40.9 Å². The molecule has 0 aromatic carbocycles. The van der Waals surface area contributed by atoms with Crippen molar-refractivity contribution in [1.82, 2.24) is 15.0 Å². The highest BCUT2D eigenvalue weighted by molar-refractivity contribution is 5.81. The number of aromatic nitrogens is 3. The molecule has 29 heavy (non-hydrogen) atoms. The summed E-state index contributed by atoms with van der Waals surface area (Å²) in [7, 11) is 0. The number of Topliss-reactive ketones (excluding diaryl/α,β-unsaturated/α-hetero) is 1. The largest absolute Gasteiger partial charge is 0.387 e. The van der Waals surface area contributed by atoms with E-state index in [1.165, 1.54) is 17.6 Å². The molecule has 1 N–H and O–H groups in total. The normalized spacial score (nSPS) is 46.6. The van der Waals surface area contributed by atoms with E-state index in [0.29, 0.717) is 54.8 Å². The third-order valence-corrected chi connectivity index (χ3v) is 9.51. The summed E-state index contributed by atoms with van der Waals surface area (Å²) in [5.41, 5.74) is -0.963. The molecule has 160 valence electrons. The maximum atomic E-state index is 13.3. The van der Waals surface area contributed by atoms with E-state index in [0.717, 1.165) is 32.1 Å². The van der Waals surface area contributed by atoms with Gasteiger partial charge in [0, 0.05) is 5.92 Å². The topological polar surface area (TPSA) is 68.0 Å². The Bertz CT molecular complexity index is 755. The Balaban J connectivity index is 1.31. The number of fused-ring (bicyclic) bond motifs is 5. The fraction of sp³-hybridized carbons (Fsp3) is 0.870. The number of nitrogens with zero attached hydrogens (tertiary/aromatic N) is 3. The van der Waals surface area contributed by atoms with Crippen molar-refractivity contribution < 1.29 is 14.3 Å². The van der Waals surface area contributed by atoms with Gasteiger partial charge in [0.05, 0.1) is 18.0 Å². The van der Waals surface area contributed by atoms with E-state index in [4.69, 9.17) is 0 Å². The fourth-order valence-corrected chi connectivity index (χ4v) is 8.19. The molecule has 4 fully saturated rings. The third-order valence-electron chi connectivity index (χ3n) is 9.51. The van der Waals surface area contributed by atoms with Crippen LogP contribution in [0.5, 0.6) is 0 Å². The van der Waals surface area contributed by atoms with Crippen molar-refractivity contribution in [3.63, 3.8) is 0 Å². The van der Waals surface area contributed by atoms with Crippen molar-refractivity contribution in [2.75, 3.05) is 6.67 Å². The minimum absolute atomic E-state index is 0.104. The number of aliphatic hydroxyl groups is 1. The molecule has 0 bridgehead atoms. The Labute approximate surface area is 172 Å². The number of carbonyl (C=O) groups excluding carboxylic acids is 1. The molecule has 1 aromatic heterocycles. The van der Waals surface area contributed by atoms with Gasteiger partial charge in [0.25, 0.3) is 0 Å². The van der Waals surface area contributed by atoms with Crippen LogP contribution in [-0.4, -0.2) is 38.2 Å². The van der Waals surface area contributed by atoms with Gasteiger partial charge in [0.1, 0.15) is 13.2 Å². The fourth-order valence-electron chi connectivity index (χ4n) is 8.19. The van der Waals surface area contributed by atoms with Crippen LogP contribution >= 0.6 is 0 Å². The lowest BCUT2D eigenvalue weighted by atomic mass is 9.49. The van der Waals surface area contributed by atoms with Crippen molar-refractivity contribution >= 4 is 5.78 Å². The van der Waals surface area contributed by atoms with E-state index >= 15 is 0 Å². The molecule has 4 aliphatic carbocycles. The first-order valence-corrected chi connectivity index (χ1v) is 11.6. The maximum absolute atomic E-state index is 13.3. The number of hydrogen-bond acceptors (Lipinski definition) is 4. The van der Waals surface area contributed by atoms with Crippen LogP contribution in [0.2, 0.25) is 0 Å². The van der Waals surface area contributed by atoms with Crippen LogP contribution in [0.15, 0.2) is 12.4 Å². The molecule has 0 amide bonds. The minimum atomic E-state index is -1.07. The van der Waals surface area contributed by atoms with Gasteiger partial charge in [0.2, 0.25) is 0 Å². The van der Waals surface area contributed by atoms with Crippen LogP contribution in [0.25, 0.3) is 0 Å². The lowest BCUT2D eigenvalue weighted by molar-refractivity contribution is -0.134.